The summed E-state index contributed by atoms with van der Waals surface area (Å²) in [5.41, 5.74) is 2.72. The molecule has 3 unspecified atom stereocenters. The van der Waals surface area contributed by atoms with Crippen molar-refractivity contribution in [2.45, 2.75) is 46.2 Å². The molecule has 168 valence electrons. The highest BCUT2D eigenvalue weighted by Gasteiger charge is 2.23. The smallest absolute Gasteiger partial charge is 0.134 e. The summed E-state index contributed by atoms with van der Waals surface area (Å²) in [6, 6.07) is 10.8. The highest BCUT2D eigenvalue weighted by atomic mass is 16.3. The van der Waals surface area contributed by atoms with Crippen LogP contribution in [0.4, 0.5) is 11.6 Å². The van der Waals surface area contributed by atoms with Crippen molar-refractivity contribution in [3.05, 3.63) is 47.8 Å². The molecule has 4 rings (SSSR count). The molecule has 2 aliphatic rings. The number of rotatable bonds is 7. The molecule has 0 aliphatic carbocycles. The molecule has 0 spiro atoms. The Morgan fingerprint density at radius 3 is 2.61 bits per heavy atom. The summed E-state index contributed by atoms with van der Waals surface area (Å²) in [4.78, 5) is 13.8. The van der Waals surface area contributed by atoms with Gasteiger partial charge in [0.15, 0.2) is 0 Å². The third kappa shape index (κ3) is 5.95. The van der Waals surface area contributed by atoms with Gasteiger partial charge in [-0.05, 0) is 48.1 Å². The van der Waals surface area contributed by atoms with Crippen LogP contribution in [-0.4, -0.2) is 52.8 Å². The van der Waals surface area contributed by atoms with Gasteiger partial charge in [-0.15, -0.1) is 0 Å². The number of nitrogens with one attached hydrogen (secondary N) is 1. The zero-order valence-corrected chi connectivity index (χ0v) is 19.0. The minimum absolute atomic E-state index is 0.248. The molecule has 2 saturated heterocycles. The zero-order valence-electron chi connectivity index (χ0n) is 19.0. The predicted octanol–water partition coefficient (Wildman–Crippen LogP) is 3.78. The Bertz CT molecular complexity index is 834. The second-order valence-electron chi connectivity index (χ2n) is 9.66. The molecule has 6 heteroatoms. The topological polar surface area (TPSA) is 64.5 Å². The van der Waals surface area contributed by atoms with Gasteiger partial charge in [-0.1, -0.05) is 38.1 Å². The van der Waals surface area contributed by atoms with Gasteiger partial charge in [0.05, 0.1) is 0 Å². The Morgan fingerprint density at radius 2 is 1.84 bits per heavy atom. The van der Waals surface area contributed by atoms with Crippen LogP contribution < -0.4 is 10.2 Å². The minimum atomic E-state index is 0.248. The summed E-state index contributed by atoms with van der Waals surface area (Å²) in [6.07, 6.45) is 5.17. The van der Waals surface area contributed by atoms with E-state index in [4.69, 9.17) is 0 Å². The molecule has 1 aromatic carbocycles. The van der Waals surface area contributed by atoms with Gasteiger partial charge in [0.25, 0.3) is 0 Å². The zero-order chi connectivity index (χ0) is 21.6. The van der Waals surface area contributed by atoms with Gasteiger partial charge in [-0.2, -0.15) is 0 Å². The number of benzene rings is 1. The third-order valence-corrected chi connectivity index (χ3v) is 6.67. The van der Waals surface area contributed by atoms with Crippen LogP contribution in [0, 0.1) is 17.8 Å². The lowest BCUT2D eigenvalue weighted by atomic mass is 9.91. The predicted molar refractivity (Wildman–Crippen MR) is 126 cm³/mol. The lowest BCUT2D eigenvalue weighted by Gasteiger charge is -2.35. The average Bonchev–Trinajstić information content (AvgIpc) is 2.78. The van der Waals surface area contributed by atoms with Crippen LogP contribution in [-0.2, 0) is 13.1 Å². The standard InChI is InChI=1S/C25H37N5O/c1-19-10-20(2)14-29(13-19)16-23-8-4-3-7-22(23)12-26-24-11-25(28-18-27-24)30-9-5-6-21(15-30)17-31/h3-4,7-8,11,18-21,31H,5-6,9-10,12-17H2,1-2H3,(H,26,27,28). The van der Waals surface area contributed by atoms with Crippen molar-refractivity contribution in [1.29, 1.82) is 0 Å². The molecule has 0 bridgehead atoms. The first-order valence-corrected chi connectivity index (χ1v) is 11.8. The number of hydrogen-bond acceptors (Lipinski definition) is 6. The van der Waals surface area contributed by atoms with Crippen molar-refractivity contribution in [3.63, 3.8) is 0 Å². The maximum Gasteiger partial charge on any atom is 0.134 e. The fourth-order valence-electron chi connectivity index (χ4n) is 5.27. The number of likely N-dealkylation sites (tertiary alicyclic amines) is 1. The number of aliphatic hydroxyl groups excluding tert-OH is 1. The highest BCUT2D eigenvalue weighted by Crippen LogP contribution is 2.25. The molecule has 3 heterocycles. The van der Waals surface area contributed by atoms with E-state index in [2.05, 4.69) is 63.2 Å². The van der Waals surface area contributed by atoms with Gasteiger partial charge in [0, 0.05) is 51.9 Å². The van der Waals surface area contributed by atoms with E-state index in [-0.39, 0.29) is 6.61 Å². The van der Waals surface area contributed by atoms with Crippen LogP contribution in [0.2, 0.25) is 0 Å². The van der Waals surface area contributed by atoms with Crippen LogP contribution in [0.1, 0.15) is 44.2 Å². The summed E-state index contributed by atoms with van der Waals surface area (Å²) in [5.74, 6) is 3.68. The molecule has 3 atom stereocenters. The molecule has 0 amide bonds. The van der Waals surface area contributed by atoms with Crippen LogP contribution in [0.3, 0.4) is 0 Å². The average molecular weight is 424 g/mol. The van der Waals surface area contributed by atoms with Crippen molar-refractivity contribution in [1.82, 2.24) is 14.9 Å². The normalized spacial score (nSPS) is 24.9. The maximum absolute atomic E-state index is 9.52. The van der Waals surface area contributed by atoms with Gasteiger partial charge in [-0.25, -0.2) is 9.97 Å². The third-order valence-electron chi connectivity index (χ3n) is 6.67. The molecule has 0 radical (unpaired) electrons. The lowest BCUT2D eigenvalue weighted by Crippen LogP contribution is -2.38. The quantitative estimate of drug-likeness (QED) is 0.707. The monoisotopic (exact) mass is 423 g/mol. The number of piperidine rings is 2. The Morgan fingerprint density at radius 1 is 1.06 bits per heavy atom. The fourth-order valence-corrected chi connectivity index (χ4v) is 5.27. The molecule has 0 saturated carbocycles. The van der Waals surface area contributed by atoms with E-state index in [1.54, 1.807) is 6.33 Å². The van der Waals surface area contributed by atoms with E-state index < -0.39 is 0 Å². The Kier molecular flexibility index (Phi) is 7.41. The van der Waals surface area contributed by atoms with Gasteiger partial charge < -0.3 is 15.3 Å². The van der Waals surface area contributed by atoms with Gasteiger partial charge in [0.1, 0.15) is 18.0 Å². The van der Waals surface area contributed by atoms with Crippen molar-refractivity contribution in [2.24, 2.45) is 17.8 Å². The van der Waals surface area contributed by atoms with E-state index in [1.807, 2.05) is 6.07 Å². The van der Waals surface area contributed by atoms with E-state index >= 15 is 0 Å². The SMILES string of the molecule is CC1CC(C)CN(Cc2ccccc2CNc2cc(N3CCCC(CO)C3)ncn2)C1. The maximum atomic E-state index is 9.52. The van der Waals surface area contributed by atoms with Crippen LogP contribution in [0.5, 0.6) is 0 Å². The van der Waals surface area contributed by atoms with Gasteiger partial charge in [-0.3, -0.25) is 4.90 Å². The van der Waals surface area contributed by atoms with Crippen LogP contribution >= 0.6 is 0 Å². The van der Waals surface area contributed by atoms with Crippen molar-refractivity contribution in [3.8, 4) is 0 Å². The number of nitrogens with zero attached hydrogens (tertiary/aromatic N) is 4. The first-order chi connectivity index (χ1) is 15.1. The van der Waals surface area contributed by atoms with Gasteiger partial charge in [0.2, 0.25) is 0 Å². The molecule has 2 fully saturated rings. The Labute approximate surface area is 186 Å². The van der Waals surface area contributed by atoms with E-state index in [1.165, 1.54) is 30.6 Å². The summed E-state index contributed by atoms with van der Waals surface area (Å²) < 4.78 is 0. The molecular weight excluding hydrogens is 386 g/mol. The first-order valence-electron chi connectivity index (χ1n) is 11.8. The lowest BCUT2D eigenvalue weighted by molar-refractivity contribution is 0.134. The van der Waals surface area contributed by atoms with E-state index in [9.17, 15) is 5.11 Å². The van der Waals surface area contributed by atoms with Crippen LogP contribution in [0.25, 0.3) is 0 Å². The largest absolute Gasteiger partial charge is 0.396 e. The summed E-state index contributed by atoms with van der Waals surface area (Å²) in [5, 5.41) is 13.0. The van der Waals surface area contributed by atoms with Crippen molar-refractivity contribution in [2.75, 3.05) is 43.0 Å². The molecule has 2 N–H and O–H groups in total. The Hall–Kier alpha value is -2.18. The van der Waals surface area contributed by atoms with E-state index in [0.29, 0.717) is 5.92 Å². The van der Waals surface area contributed by atoms with Crippen LogP contribution in [0.15, 0.2) is 36.7 Å². The molecule has 6 nitrogen and oxygen atoms in total. The molecular formula is C25H37N5O. The van der Waals surface area contributed by atoms with Crippen molar-refractivity contribution >= 4 is 11.6 Å². The van der Waals surface area contributed by atoms with Gasteiger partial charge >= 0.3 is 0 Å². The van der Waals surface area contributed by atoms with Crippen molar-refractivity contribution < 1.29 is 5.11 Å². The molecule has 31 heavy (non-hydrogen) atoms. The molecule has 1 aromatic heterocycles. The number of hydrogen-bond donors (Lipinski definition) is 2. The first kappa shape index (κ1) is 22.0. The Balaban J connectivity index is 1.39. The molecule has 2 aromatic rings. The highest BCUT2D eigenvalue weighted by molar-refractivity contribution is 5.49. The number of anilines is 2. The summed E-state index contributed by atoms with van der Waals surface area (Å²) in [7, 11) is 0. The fraction of sp³-hybridized carbons (Fsp3) is 0.600. The second kappa shape index (κ2) is 10.4. The minimum Gasteiger partial charge on any atom is -0.396 e. The number of aliphatic hydroxyl groups is 1. The summed E-state index contributed by atoms with van der Waals surface area (Å²) in [6.45, 7) is 11.0. The molecule has 2 aliphatic heterocycles. The van der Waals surface area contributed by atoms with E-state index in [0.717, 1.165) is 62.5 Å². The number of aromatic nitrogens is 2. The second-order valence-corrected chi connectivity index (χ2v) is 9.66. The summed E-state index contributed by atoms with van der Waals surface area (Å²) >= 11 is 0.